The van der Waals surface area contributed by atoms with Crippen LogP contribution in [0.15, 0.2) is 65.6 Å². The zero-order valence-corrected chi connectivity index (χ0v) is 14.9. The molecular formula is C19H13Cl2FN2O2. The number of hydrogen-bond acceptors (Lipinski definition) is 2. The maximum atomic E-state index is 14.0. The summed E-state index contributed by atoms with van der Waals surface area (Å²) in [5, 5.41) is 3.48. The molecule has 0 bridgehead atoms. The largest absolute Gasteiger partial charge is 0.322 e. The molecule has 1 aromatic heterocycles. The number of anilines is 1. The number of carbonyl (C=O) groups excluding carboxylic acids is 1. The predicted octanol–water partition coefficient (Wildman–Crippen LogP) is 4.59. The van der Waals surface area contributed by atoms with Gasteiger partial charge in [-0.15, -0.1) is 0 Å². The van der Waals surface area contributed by atoms with Crippen molar-refractivity contribution in [3.05, 3.63) is 98.1 Å². The lowest BCUT2D eigenvalue weighted by molar-refractivity contribution is 0.102. The van der Waals surface area contributed by atoms with Crippen LogP contribution < -0.4 is 10.9 Å². The summed E-state index contributed by atoms with van der Waals surface area (Å²) >= 11 is 11.8. The van der Waals surface area contributed by atoms with E-state index in [0.717, 1.165) is 0 Å². The SMILES string of the molecule is O=C(Nc1ccc(Cl)cc1)c1ccc(=O)n(Cc2c(F)cccc2Cl)c1. The Bertz CT molecular complexity index is 997. The van der Waals surface area contributed by atoms with E-state index in [9.17, 15) is 14.0 Å². The number of carbonyl (C=O) groups is 1. The second-order valence-electron chi connectivity index (χ2n) is 5.55. The van der Waals surface area contributed by atoms with Crippen LogP contribution in [0.5, 0.6) is 0 Å². The monoisotopic (exact) mass is 390 g/mol. The number of nitrogens with one attached hydrogen (secondary N) is 1. The number of nitrogens with zero attached hydrogens (tertiary/aromatic N) is 1. The molecule has 0 fully saturated rings. The van der Waals surface area contributed by atoms with Crippen LogP contribution in [0.4, 0.5) is 10.1 Å². The molecule has 132 valence electrons. The van der Waals surface area contributed by atoms with E-state index in [2.05, 4.69) is 5.32 Å². The van der Waals surface area contributed by atoms with Gasteiger partial charge in [0.25, 0.3) is 11.5 Å². The number of amides is 1. The van der Waals surface area contributed by atoms with Gasteiger partial charge in [-0.25, -0.2) is 4.39 Å². The molecule has 1 heterocycles. The third-order valence-electron chi connectivity index (χ3n) is 3.74. The summed E-state index contributed by atoms with van der Waals surface area (Å²) in [5.41, 5.74) is 0.639. The normalized spacial score (nSPS) is 10.6. The van der Waals surface area contributed by atoms with Gasteiger partial charge in [0.2, 0.25) is 0 Å². The van der Waals surface area contributed by atoms with Gasteiger partial charge in [0.15, 0.2) is 0 Å². The minimum atomic E-state index is -0.514. The summed E-state index contributed by atoms with van der Waals surface area (Å²) in [7, 11) is 0. The van der Waals surface area contributed by atoms with E-state index in [0.29, 0.717) is 10.7 Å². The van der Waals surface area contributed by atoms with Crippen molar-refractivity contribution in [1.82, 2.24) is 4.57 Å². The standard InChI is InChI=1S/C19H13Cl2FN2O2/c20-13-5-7-14(8-6-13)23-19(26)12-4-9-18(25)24(10-12)11-15-16(21)2-1-3-17(15)22/h1-10H,11H2,(H,23,26). The molecule has 3 aromatic rings. The van der Waals surface area contributed by atoms with Gasteiger partial charge in [-0.3, -0.25) is 9.59 Å². The van der Waals surface area contributed by atoms with Crippen molar-refractivity contribution in [3.8, 4) is 0 Å². The number of benzene rings is 2. The molecule has 2 aromatic carbocycles. The lowest BCUT2D eigenvalue weighted by Gasteiger charge is -2.11. The van der Waals surface area contributed by atoms with Crippen LogP contribution in [0.25, 0.3) is 0 Å². The molecule has 1 amide bonds. The molecule has 7 heteroatoms. The second-order valence-corrected chi connectivity index (χ2v) is 6.39. The van der Waals surface area contributed by atoms with E-state index in [1.165, 1.54) is 35.0 Å². The molecule has 0 aliphatic carbocycles. The van der Waals surface area contributed by atoms with Gasteiger partial charge in [0.05, 0.1) is 12.1 Å². The first-order valence-electron chi connectivity index (χ1n) is 7.64. The molecule has 3 rings (SSSR count). The zero-order chi connectivity index (χ0) is 18.7. The molecule has 0 radical (unpaired) electrons. The van der Waals surface area contributed by atoms with Crippen molar-refractivity contribution >= 4 is 34.8 Å². The quantitative estimate of drug-likeness (QED) is 0.707. The van der Waals surface area contributed by atoms with Crippen molar-refractivity contribution in [2.24, 2.45) is 0 Å². The molecule has 0 aliphatic rings. The Hall–Kier alpha value is -2.63. The van der Waals surface area contributed by atoms with Crippen molar-refractivity contribution in [2.75, 3.05) is 5.32 Å². The van der Waals surface area contributed by atoms with E-state index < -0.39 is 11.7 Å². The Labute approximate surface area is 158 Å². The lowest BCUT2D eigenvalue weighted by atomic mass is 10.2. The minimum absolute atomic E-state index is 0.0770. The summed E-state index contributed by atoms with van der Waals surface area (Å²) in [5.74, 6) is -0.916. The highest BCUT2D eigenvalue weighted by molar-refractivity contribution is 6.31. The minimum Gasteiger partial charge on any atom is -0.322 e. The summed E-state index contributed by atoms with van der Waals surface area (Å²) in [6, 6.07) is 13.6. The zero-order valence-electron chi connectivity index (χ0n) is 13.4. The molecule has 0 unspecified atom stereocenters. The first-order valence-corrected chi connectivity index (χ1v) is 8.40. The van der Waals surface area contributed by atoms with E-state index in [-0.39, 0.29) is 28.3 Å². The smallest absolute Gasteiger partial charge is 0.257 e. The van der Waals surface area contributed by atoms with Crippen LogP contribution in [0.2, 0.25) is 10.0 Å². The lowest BCUT2D eigenvalue weighted by Crippen LogP contribution is -2.23. The summed E-state index contributed by atoms with van der Waals surface area (Å²) < 4.78 is 15.2. The predicted molar refractivity (Wildman–Crippen MR) is 101 cm³/mol. The number of rotatable bonds is 4. The number of halogens is 3. The molecule has 4 nitrogen and oxygen atoms in total. The fourth-order valence-corrected chi connectivity index (χ4v) is 2.73. The molecular weight excluding hydrogens is 378 g/mol. The van der Waals surface area contributed by atoms with Gasteiger partial charge in [-0.2, -0.15) is 0 Å². The fraction of sp³-hybridized carbons (Fsp3) is 0.0526. The van der Waals surface area contributed by atoms with E-state index in [1.807, 2.05) is 0 Å². The Balaban J connectivity index is 1.86. The number of hydrogen-bond donors (Lipinski definition) is 1. The summed E-state index contributed by atoms with van der Waals surface area (Å²) in [6.45, 7) is -0.0770. The van der Waals surface area contributed by atoms with Gasteiger partial charge in [0.1, 0.15) is 5.82 Å². The van der Waals surface area contributed by atoms with Crippen molar-refractivity contribution in [2.45, 2.75) is 6.54 Å². The first kappa shape index (κ1) is 18.2. The topological polar surface area (TPSA) is 51.1 Å². The van der Waals surface area contributed by atoms with Crippen LogP contribution in [-0.2, 0) is 6.54 Å². The molecule has 0 atom stereocenters. The summed E-state index contributed by atoms with van der Waals surface area (Å²) in [6.07, 6.45) is 1.37. The Morgan fingerprint density at radius 3 is 2.46 bits per heavy atom. The van der Waals surface area contributed by atoms with E-state index in [1.54, 1.807) is 30.3 Å². The summed E-state index contributed by atoms with van der Waals surface area (Å²) in [4.78, 5) is 24.5. The number of aromatic nitrogens is 1. The molecule has 26 heavy (non-hydrogen) atoms. The van der Waals surface area contributed by atoms with Gasteiger partial charge < -0.3 is 9.88 Å². The van der Waals surface area contributed by atoms with Crippen molar-refractivity contribution in [1.29, 1.82) is 0 Å². The molecule has 0 spiro atoms. The van der Waals surface area contributed by atoms with Crippen LogP contribution >= 0.6 is 23.2 Å². The van der Waals surface area contributed by atoms with Crippen molar-refractivity contribution in [3.63, 3.8) is 0 Å². The first-order chi connectivity index (χ1) is 12.4. The van der Waals surface area contributed by atoms with Crippen LogP contribution in [-0.4, -0.2) is 10.5 Å². The third kappa shape index (κ3) is 4.12. The maximum Gasteiger partial charge on any atom is 0.257 e. The van der Waals surface area contributed by atoms with Crippen LogP contribution in [0.1, 0.15) is 15.9 Å². The Morgan fingerprint density at radius 1 is 1.04 bits per heavy atom. The highest BCUT2D eigenvalue weighted by Crippen LogP contribution is 2.20. The molecule has 0 saturated carbocycles. The van der Waals surface area contributed by atoms with Crippen molar-refractivity contribution < 1.29 is 9.18 Å². The van der Waals surface area contributed by atoms with Gasteiger partial charge in [-0.05, 0) is 42.5 Å². The highest BCUT2D eigenvalue weighted by atomic mass is 35.5. The average molecular weight is 391 g/mol. The molecule has 0 saturated heterocycles. The van der Waals surface area contributed by atoms with Gasteiger partial charge >= 0.3 is 0 Å². The second kappa shape index (κ2) is 7.72. The van der Waals surface area contributed by atoms with Gasteiger partial charge in [-0.1, -0.05) is 29.3 Å². The fourth-order valence-electron chi connectivity index (χ4n) is 2.38. The molecule has 0 aliphatic heterocycles. The Morgan fingerprint density at radius 2 is 1.77 bits per heavy atom. The van der Waals surface area contributed by atoms with Gasteiger partial charge in [0, 0.05) is 33.6 Å². The maximum absolute atomic E-state index is 14.0. The third-order valence-corrected chi connectivity index (χ3v) is 4.34. The van der Waals surface area contributed by atoms with E-state index in [4.69, 9.17) is 23.2 Å². The number of pyridine rings is 1. The average Bonchev–Trinajstić information content (AvgIpc) is 2.61. The van der Waals surface area contributed by atoms with Crippen LogP contribution in [0, 0.1) is 5.82 Å². The van der Waals surface area contributed by atoms with Crippen LogP contribution in [0.3, 0.4) is 0 Å². The Kier molecular flexibility index (Phi) is 5.40. The highest BCUT2D eigenvalue weighted by Gasteiger charge is 2.12. The van der Waals surface area contributed by atoms with E-state index >= 15 is 0 Å². The molecule has 1 N–H and O–H groups in total.